The average Bonchev–Trinajstić information content (AvgIpc) is 1.84. The quantitative estimate of drug-likeness (QED) is 0.478. The predicted octanol–water partition coefficient (Wildman–Crippen LogP) is -1.72. The topological polar surface area (TPSA) is 89.6 Å². The standard InChI is InChI=1S/C4H11NO4S/c5-1-3-9-10(7,8)4-2-6/h6H,1-5H2. The van der Waals surface area contributed by atoms with Crippen molar-refractivity contribution in [3.05, 3.63) is 0 Å². The van der Waals surface area contributed by atoms with Crippen LogP contribution >= 0.6 is 0 Å². The molecular weight excluding hydrogens is 158 g/mol. The number of rotatable bonds is 5. The number of nitrogens with two attached hydrogens (primary N) is 1. The molecule has 0 aliphatic heterocycles. The summed E-state index contributed by atoms with van der Waals surface area (Å²) >= 11 is 0. The molecule has 0 amide bonds. The first-order valence-electron chi connectivity index (χ1n) is 2.80. The van der Waals surface area contributed by atoms with Crippen LogP contribution in [0.5, 0.6) is 0 Å². The van der Waals surface area contributed by atoms with E-state index in [4.69, 9.17) is 10.8 Å². The van der Waals surface area contributed by atoms with Crippen LogP contribution in [0.15, 0.2) is 0 Å². The van der Waals surface area contributed by atoms with Crippen LogP contribution in [0.4, 0.5) is 0 Å². The van der Waals surface area contributed by atoms with Crippen LogP contribution in [0.3, 0.4) is 0 Å². The van der Waals surface area contributed by atoms with Gasteiger partial charge in [-0.15, -0.1) is 0 Å². The summed E-state index contributed by atoms with van der Waals surface area (Å²) in [5.41, 5.74) is 4.98. The smallest absolute Gasteiger partial charge is 0.269 e. The summed E-state index contributed by atoms with van der Waals surface area (Å²) in [5, 5.41) is 8.21. The van der Waals surface area contributed by atoms with Crippen molar-refractivity contribution in [1.82, 2.24) is 0 Å². The highest BCUT2D eigenvalue weighted by molar-refractivity contribution is 7.86. The highest BCUT2D eigenvalue weighted by Crippen LogP contribution is 1.89. The molecule has 0 rings (SSSR count). The Labute approximate surface area is 59.9 Å². The third-order valence-electron chi connectivity index (χ3n) is 0.722. The van der Waals surface area contributed by atoms with Crippen LogP contribution in [-0.4, -0.2) is 39.0 Å². The van der Waals surface area contributed by atoms with E-state index in [1.54, 1.807) is 0 Å². The number of aliphatic hydroxyl groups excluding tert-OH is 1. The highest BCUT2D eigenvalue weighted by Gasteiger charge is 2.07. The van der Waals surface area contributed by atoms with Gasteiger partial charge in [0.2, 0.25) is 0 Å². The minimum absolute atomic E-state index is 0.0255. The molecule has 62 valence electrons. The zero-order valence-electron chi connectivity index (χ0n) is 5.49. The summed E-state index contributed by atoms with van der Waals surface area (Å²) in [6.45, 7) is -0.292. The van der Waals surface area contributed by atoms with Gasteiger partial charge in [-0.2, -0.15) is 8.42 Å². The molecule has 0 saturated carbocycles. The Morgan fingerprint density at radius 1 is 1.50 bits per heavy atom. The van der Waals surface area contributed by atoms with E-state index in [2.05, 4.69) is 4.18 Å². The molecule has 0 fully saturated rings. The molecule has 0 spiro atoms. The fraction of sp³-hybridized carbons (Fsp3) is 1.00. The lowest BCUT2D eigenvalue weighted by molar-refractivity contribution is 0.295. The second-order valence-corrected chi connectivity index (χ2v) is 3.36. The molecule has 0 atom stereocenters. The SMILES string of the molecule is NCCOS(=O)(=O)CCO. The van der Waals surface area contributed by atoms with E-state index in [9.17, 15) is 8.42 Å². The Kier molecular flexibility index (Phi) is 4.54. The van der Waals surface area contributed by atoms with E-state index in [0.29, 0.717) is 0 Å². The van der Waals surface area contributed by atoms with E-state index < -0.39 is 16.7 Å². The molecule has 3 N–H and O–H groups in total. The zero-order chi connectivity index (χ0) is 8.04. The second-order valence-electron chi connectivity index (χ2n) is 1.60. The summed E-state index contributed by atoms with van der Waals surface area (Å²) in [5.74, 6) is -0.368. The van der Waals surface area contributed by atoms with Crippen molar-refractivity contribution >= 4 is 10.1 Å². The van der Waals surface area contributed by atoms with Crippen molar-refractivity contribution in [3.63, 3.8) is 0 Å². The molecule has 0 bridgehead atoms. The van der Waals surface area contributed by atoms with Gasteiger partial charge in [-0.25, -0.2) is 0 Å². The van der Waals surface area contributed by atoms with Crippen LogP contribution in [0, 0.1) is 0 Å². The summed E-state index contributed by atoms with van der Waals surface area (Å²) < 4.78 is 25.4. The lowest BCUT2D eigenvalue weighted by atomic mass is 10.8. The predicted molar refractivity (Wildman–Crippen MR) is 35.9 cm³/mol. The Morgan fingerprint density at radius 2 is 2.10 bits per heavy atom. The maximum absolute atomic E-state index is 10.6. The van der Waals surface area contributed by atoms with E-state index in [1.807, 2.05) is 0 Å². The Balaban J connectivity index is 3.65. The first kappa shape index (κ1) is 9.83. The zero-order valence-corrected chi connectivity index (χ0v) is 6.30. The molecule has 0 aromatic carbocycles. The summed E-state index contributed by atoms with van der Waals surface area (Å²) in [6.07, 6.45) is 0. The monoisotopic (exact) mass is 169 g/mol. The molecule has 0 heterocycles. The maximum atomic E-state index is 10.6. The normalized spacial score (nSPS) is 11.8. The number of aliphatic hydroxyl groups is 1. The van der Waals surface area contributed by atoms with Gasteiger partial charge < -0.3 is 10.8 Å². The average molecular weight is 169 g/mol. The van der Waals surface area contributed by atoms with Gasteiger partial charge in [-0.1, -0.05) is 0 Å². The molecule has 0 aliphatic carbocycles. The molecule has 0 saturated heterocycles. The van der Waals surface area contributed by atoms with Crippen molar-refractivity contribution in [2.24, 2.45) is 5.73 Å². The molecular formula is C4H11NO4S. The van der Waals surface area contributed by atoms with Gasteiger partial charge in [0.25, 0.3) is 10.1 Å². The van der Waals surface area contributed by atoms with Crippen molar-refractivity contribution in [1.29, 1.82) is 0 Å². The van der Waals surface area contributed by atoms with Gasteiger partial charge in [0.15, 0.2) is 0 Å². The van der Waals surface area contributed by atoms with E-state index in [-0.39, 0.29) is 18.9 Å². The van der Waals surface area contributed by atoms with Gasteiger partial charge in [0.1, 0.15) is 0 Å². The fourth-order valence-corrected chi connectivity index (χ4v) is 1.04. The van der Waals surface area contributed by atoms with Crippen LogP contribution in [0.1, 0.15) is 0 Å². The minimum Gasteiger partial charge on any atom is -0.395 e. The lowest BCUT2D eigenvalue weighted by Gasteiger charge is -2.00. The van der Waals surface area contributed by atoms with Crippen molar-refractivity contribution in [3.8, 4) is 0 Å². The van der Waals surface area contributed by atoms with Gasteiger partial charge >= 0.3 is 0 Å². The van der Waals surface area contributed by atoms with Gasteiger partial charge in [0, 0.05) is 6.54 Å². The second kappa shape index (κ2) is 4.62. The molecule has 5 nitrogen and oxygen atoms in total. The molecule has 0 unspecified atom stereocenters. The Hall–Kier alpha value is -0.170. The van der Waals surface area contributed by atoms with E-state index in [1.165, 1.54) is 0 Å². The minimum atomic E-state index is -3.52. The fourth-order valence-electron chi connectivity index (χ4n) is 0.346. The Bertz CT molecular complexity index is 164. The Morgan fingerprint density at radius 3 is 2.50 bits per heavy atom. The summed E-state index contributed by atoms with van der Waals surface area (Å²) in [7, 11) is -3.52. The van der Waals surface area contributed by atoms with E-state index in [0.717, 1.165) is 0 Å². The largest absolute Gasteiger partial charge is 0.395 e. The van der Waals surface area contributed by atoms with Crippen LogP contribution < -0.4 is 5.73 Å². The first-order valence-corrected chi connectivity index (χ1v) is 4.38. The van der Waals surface area contributed by atoms with Crippen LogP contribution in [0.25, 0.3) is 0 Å². The highest BCUT2D eigenvalue weighted by atomic mass is 32.2. The van der Waals surface area contributed by atoms with Crippen LogP contribution in [-0.2, 0) is 14.3 Å². The van der Waals surface area contributed by atoms with Crippen LogP contribution in [0.2, 0.25) is 0 Å². The van der Waals surface area contributed by atoms with E-state index >= 15 is 0 Å². The molecule has 0 aromatic heterocycles. The summed E-state index contributed by atoms with van der Waals surface area (Å²) in [4.78, 5) is 0. The maximum Gasteiger partial charge on any atom is 0.269 e. The van der Waals surface area contributed by atoms with Gasteiger partial charge in [-0.3, -0.25) is 4.18 Å². The molecule has 0 radical (unpaired) electrons. The van der Waals surface area contributed by atoms with Gasteiger partial charge in [0.05, 0.1) is 19.0 Å². The lowest BCUT2D eigenvalue weighted by Crippen LogP contribution is -2.18. The number of hydrogen-bond acceptors (Lipinski definition) is 5. The first-order chi connectivity index (χ1) is 4.62. The molecule has 0 aromatic rings. The van der Waals surface area contributed by atoms with Crippen molar-refractivity contribution in [2.75, 3.05) is 25.5 Å². The number of hydrogen-bond donors (Lipinski definition) is 2. The summed E-state index contributed by atoms with van der Waals surface area (Å²) in [6, 6.07) is 0. The third-order valence-corrected chi connectivity index (χ3v) is 1.93. The molecule has 6 heteroatoms. The van der Waals surface area contributed by atoms with Crippen molar-refractivity contribution < 1.29 is 17.7 Å². The van der Waals surface area contributed by atoms with Gasteiger partial charge in [-0.05, 0) is 0 Å². The molecule has 0 aliphatic rings. The third kappa shape index (κ3) is 4.68. The molecule has 10 heavy (non-hydrogen) atoms. The van der Waals surface area contributed by atoms with Crippen molar-refractivity contribution in [2.45, 2.75) is 0 Å².